The Morgan fingerprint density at radius 3 is 2.57 bits per heavy atom. The van der Waals surface area contributed by atoms with Gasteiger partial charge in [0.2, 0.25) is 0 Å². The van der Waals surface area contributed by atoms with E-state index in [1.165, 1.54) is 44.9 Å². The van der Waals surface area contributed by atoms with Gasteiger partial charge in [-0.3, -0.25) is 9.80 Å². The van der Waals surface area contributed by atoms with Crippen molar-refractivity contribution in [1.29, 1.82) is 0 Å². The summed E-state index contributed by atoms with van der Waals surface area (Å²) in [6.45, 7) is 6.84. The molecule has 4 nitrogen and oxygen atoms in total. The molecule has 0 amide bonds. The van der Waals surface area contributed by atoms with E-state index in [-0.39, 0.29) is 6.04 Å². The van der Waals surface area contributed by atoms with Gasteiger partial charge >= 0.3 is 0 Å². The Bertz CT molecular complexity index is 284. The molecule has 1 rings (SSSR count). The number of likely N-dealkylation sites (tertiary alicyclic amines) is 1. The number of carbonyl (C=O) groups excluding carboxylic acids is 2. The van der Waals surface area contributed by atoms with Gasteiger partial charge in [-0.25, -0.2) is 0 Å². The van der Waals surface area contributed by atoms with Crippen molar-refractivity contribution in [2.24, 2.45) is 0 Å². The van der Waals surface area contributed by atoms with Crippen molar-refractivity contribution in [1.82, 2.24) is 9.80 Å². The summed E-state index contributed by atoms with van der Waals surface area (Å²) < 4.78 is 0. The Morgan fingerprint density at radius 1 is 1.10 bits per heavy atom. The fraction of sp³-hybridized carbons (Fsp3) is 0.882. The van der Waals surface area contributed by atoms with Crippen molar-refractivity contribution < 1.29 is 9.59 Å². The second-order valence-corrected chi connectivity index (χ2v) is 6.06. The van der Waals surface area contributed by atoms with Crippen LogP contribution in [0, 0.1) is 0 Å². The molecule has 21 heavy (non-hydrogen) atoms. The van der Waals surface area contributed by atoms with Gasteiger partial charge in [0.25, 0.3) is 0 Å². The molecule has 0 saturated carbocycles. The molecule has 0 aromatic rings. The Balaban J connectivity index is 1.98. The Hall–Kier alpha value is -0.740. The highest BCUT2D eigenvalue weighted by Crippen LogP contribution is 2.16. The first-order chi connectivity index (χ1) is 10.3. The van der Waals surface area contributed by atoms with E-state index in [4.69, 9.17) is 0 Å². The van der Waals surface area contributed by atoms with Gasteiger partial charge in [-0.2, -0.15) is 0 Å². The lowest BCUT2D eigenvalue weighted by Crippen LogP contribution is -2.40. The molecule has 0 aromatic heterocycles. The number of aldehydes is 2. The number of piperidine rings is 1. The quantitative estimate of drug-likeness (QED) is 0.410. The molecule has 1 fully saturated rings. The van der Waals surface area contributed by atoms with E-state index in [9.17, 15) is 9.59 Å². The molecular formula is C17H32N2O2. The minimum absolute atomic E-state index is 0.181. The molecule has 0 aromatic carbocycles. The largest absolute Gasteiger partial charge is 0.302 e. The van der Waals surface area contributed by atoms with E-state index in [1.807, 2.05) is 0 Å². The van der Waals surface area contributed by atoms with Crippen LogP contribution in [0.4, 0.5) is 0 Å². The molecule has 0 bridgehead atoms. The van der Waals surface area contributed by atoms with Gasteiger partial charge in [0.15, 0.2) is 0 Å². The van der Waals surface area contributed by atoms with Crippen molar-refractivity contribution in [2.45, 2.75) is 64.3 Å². The summed E-state index contributed by atoms with van der Waals surface area (Å²) in [4.78, 5) is 26.0. The average molecular weight is 296 g/mol. The van der Waals surface area contributed by atoms with E-state index in [1.54, 1.807) is 0 Å². The number of rotatable bonds is 12. The lowest BCUT2D eigenvalue weighted by molar-refractivity contribution is -0.113. The van der Waals surface area contributed by atoms with Crippen molar-refractivity contribution in [3.63, 3.8) is 0 Å². The maximum absolute atomic E-state index is 11.0. The first-order valence-electron chi connectivity index (χ1n) is 8.67. The van der Waals surface area contributed by atoms with E-state index in [0.29, 0.717) is 6.54 Å². The van der Waals surface area contributed by atoms with Crippen LogP contribution in [0.3, 0.4) is 0 Å². The molecule has 0 spiro atoms. The maximum atomic E-state index is 11.0. The van der Waals surface area contributed by atoms with Crippen LogP contribution in [0.5, 0.6) is 0 Å². The summed E-state index contributed by atoms with van der Waals surface area (Å²) >= 11 is 0. The van der Waals surface area contributed by atoms with Crippen molar-refractivity contribution >= 4 is 12.6 Å². The Kier molecular flexibility index (Phi) is 10.3. The highest BCUT2D eigenvalue weighted by atomic mass is 16.1. The molecule has 1 atom stereocenters. The predicted octanol–water partition coefficient (Wildman–Crippen LogP) is 2.51. The van der Waals surface area contributed by atoms with E-state index < -0.39 is 0 Å². The van der Waals surface area contributed by atoms with Gasteiger partial charge in [0, 0.05) is 0 Å². The summed E-state index contributed by atoms with van der Waals surface area (Å²) in [6.07, 6.45) is 11.8. The second kappa shape index (κ2) is 11.9. The fourth-order valence-corrected chi connectivity index (χ4v) is 3.11. The molecule has 0 aliphatic carbocycles. The molecule has 0 unspecified atom stereocenters. The zero-order valence-corrected chi connectivity index (χ0v) is 13.6. The van der Waals surface area contributed by atoms with Crippen LogP contribution in [0.25, 0.3) is 0 Å². The SMILES string of the molecule is CCN(CC=O)CCCCCCCN1CCCC[C@@H]1C=O. The molecule has 0 radical (unpaired) electrons. The topological polar surface area (TPSA) is 40.6 Å². The number of carbonyl (C=O) groups is 2. The fourth-order valence-electron chi connectivity index (χ4n) is 3.11. The zero-order chi connectivity index (χ0) is 15.3. The number of nitrogens with zero attached hydrogens (tertiary/aromatic N) is 2. The Morgan fingerprint density at radius 2 is 1.86 bits per heavy atom. The normalized spacial score (nSPS) is 19.8. The molecular weight excluding hydrogens is 264 g/mol. The van der Waals surface area contributed by atoms with Crippen molar-refractivity contribution in [3.05, 3.63) is 0 Å². The molecule has 4 heteroatoms. The van der Waals surface area contributed by atoms with E-state index >= 15 is 0 Å². The first-order valence-corrected chi connectivity index (χ1v) is 8.67. The number of hydrogen-bond acceptors (Lipinski definition) is 4. The highest BCUT2D eigenvalue weighted by Gasteiger charge is 2.20. The number of hydrogen-bond donors (Lipinski definition) is 0. The lowest BCUT2D eigenvalue weighted by atomic mass is 10.0. The molecule has 1 aliphatic rings. The molecule has 0 N–H and O–H groups in total. The minimum Gasteiger partial charge on any atom is -0.302 e. The van der Waals surface area contributed by atoms with Crippen LogP contribution in [-0.4, -0.2) is 61.1 Å². The van der Waals surface area contributed by atoms with Crippen LogP contribution >= 0.6 is 0 Å². The number of unbranched alkanes of at least 4 members (excludes halogenated alkanes) is 4. The first kappa shape index (κ1) is 18.3. The Labute approximate surface area is 129 Å². The van der Waals surface area contributed by atoms with Gasteiger partial charge in [0.1, 0.15) is 12.6 Å². The second-order valence-electron chi connectivity index (χ2n) is 6.06. The summed E-state index contributed by atoms with van der Waals surface area (Å²) in [5.74, 6) is 0. The van der Waals surface area contributed by atoms with E-state index in [2.05, 4.69) is 16.7 Å². The van der Waals surface area contributed by atoms with Gasteiger partial charge in [-0.1, -0.05) is 32.6 Å². The minimum atomic E-state index is 0.181. The van der Waals surface area contributed by atoms with Crippen LogP contribution < -0.4 is 0 Å². The van der Waals surface area contributed by atoms with Crippen LogP contribution in [0.15, 0.2) is 0 Å². The zero-order valence-electron chi connectivity index (χ0n) is 13.6. The summed E-state index contributed by atoms with van der Waals surface area (Å²) in [5, 5.41) is 0. The maximum Gasteiger partial charge on any atom is 0.137 e. The summed E-state index contributed by atoms with van der Waals surface area (Å²) in [6, 6.07) is 0.181. The average Bonchev–Trinajstić information content (AvgIpc) is 2.53. The van der Waals surface area contributed by atoms with Gasteiger partial charge in [-0.15, -0.1) is 0 Å². The monoisotopic (exact) mass is 296 g/mol. The molecule has 122 valence electrons. The predicted molar refractivity (Wildman–Crippen MR) is 86.5 cm³/mol. The van der Waals surface area contributed by atoms with Crippen molar-refractivity contribution in [2.75, 3.05) is 32.7 Å². The lowest BCUT2D eigenvalue weighted by Gasteiger charge is -2.32. The molecule has 1 aliphatic heterocycles. The van der Waals surface area contributed by atoms with Crippen molar-refractivity contribution in [3.8, 4) is 0 Å². The van der Waals surface area contributed by atoms with Gasteiger partial charge in [0.05, 0.1) is 12.6 Å². The third-order valence-corrected chi connectivity index (χ3v) is 4.52. The van der Waals surface area contributed by atoms with Gasteiger partial charge in [-0.05, 0) is 51.9 Å². The van der Waals surface area contributed by atoms with Crippen LogP contribution in [-0.2, 0) is 9.59 Å². The van der Waals surface area contributed by atoms with Crippen LogP contribution in [0.1, 0.15) is 58.3 Å². The summed E-state index contributed by atoms with van der Waals surface area (Å²) in [5.41, 5.74) is 0. The number of likely N-dealkylation sites (N-methyl/N-ethyl adjacent to an activating group) is 1. The smallest absolute Gasteiger partial charge is 0.137 e. The van der Waals surface area contributed by atoms with E-state index in [0.717, 1.165) is 45.2 Å². The van der Waals surface area contributed by atoms with Crippen LogP contribution in [0.2, 0.25) is 0 Å². The molecule has 1 saturated heterocycles. The van der Waals surface area contributed by atoms with Gasteiger partial charge < -0.3 is 9.59 Å². The highest BCUT2D eigenvalue weighted by molar-refractivity contribution is 5.57. The standard InChI is InChI=1S/C17H32N2O2/c1-2-18(14-15-20)11-7-4-3-5-8-12-19-13-9-6-10-17(19)16-21/h15-17H,2-14H2,1H3/t17-/m1/s1. The third-order valence-electron chi connectivity index (χ3n) is 4.52. The third kappa shape index (κ3) is 7.72. The molecule has 1 heterocycles. The summed E-state index contributed by atoms with van der Waals surface area (Å²) in [7, 11) is 0.